The Kier molecular flexibility index (Phi) is 2.68. The van der Waals surface area contributed by atoms with E-state index in [1.807, 2.05) is 10.6 Å². The quantitative estimate of drug-likeness (QED) is 0.849. The number of hydrogen-bond acceptors (Lipinski definition) is 3. The van der Waals surface area contributed by atoms with Crippen LogP contribution in [0.15, 0.2) is 18.3 Å². The fourth-order valence-electron chi connectivity index (χ4n) is 2.30. The van der Waals surface area contributed by atoms with Gasteiger partial charge in [0.05, 0.1) is 5.52 Å². The van der Waals surface area contributed by atoms with E-state index in [1.54, 1.807) is 12.1 Å². The predicted octanol–water partition coefficient (Wildman–Crippen LogP) is 2.59. The summed E-state index contributed by atoms with van der Waals surface area (Å²) < 4.78 is 7.31. The van der Waals surface area contributed by atoms with Gasteiger partial charge in [0.15, 0.2) is 5.15 Å². The molecule has 4 nitrogen and oxygen atoms in total. The highest BCUT2D eigenvalue weighted by Crippen LogP contribution is 2.30. The maximum absolute atomic E-state index is 9.45. The summed E-state index contributed by atoms with van der Waals surface area (Å²) in [4.78, 5) is 4.42. The summed E-state index contributed by atoms with van der Waals surface area (Å²) in [6.07, 6.45) is 3.75. The normalized spacial score (nSPS) is 17.7. The molecule has 0 bridgehead atoms. The minimum absolute atomic E-state index is 0.206. The SMILES string of the molecule is Oc1ccn2c(C3CCOCC3)nc(Cl)c2c1. The molecule has 1 aliphatic rings. The van der Waals surface area contributed by atoms with E-state index in [0.29, 0.717) is 11.1 Å². The zero-order valence-corrected chi connectivity index (χ0v) is 10.0. The molecule has 2 aromatic rings. The Morgan fingerprint density at radius 2 is 2.18 bits per heavy atom. The largest absolute Gasteiger partial charge is 0.508 e. The van der Waals surface area contributed by atoms with Crippen molar-refractivity contribution in [2.24, 2.45) is 0 Å². The number of ether oxygens (including phenoxy) is 1. The summed E-state index contributed by atoms with van der Waals surface area (Å²) in [6, 6.07) is 3.28. The van der Waals surface area contributed by atoms with Crippen molar-refractivity contribution in [3.05, 3.63) is 29.3 Å². The topological polar surface area (TPSA) is 46.8 Å². The van der Waals surface area contributed by atoms with Gasteiger partial charge in [-0.1, -0.05) is 11.6 Å². The van der Waals surface area contributed by atoms with Crippen LogP contribution in [0.1, 0.15) is 24.6 Å². The number of fused-ring (bicyclic) bond motifs is 1. The number of aromatic nitrogens is 2. The molecule has 90 valence electrons. The number of hydrogen-bond donors (Lipinski definition) is 1. The third kappa shape index (κ3) is 1.87. The molecule has 3 rings (SSSR count). The van der Waals surface area contributed by atoms with E-state index in [0.717, 1.165) is 37.4 Å². The fraction of sp³-hybridized carbons (Fsp3) is 0.417. The van der Waals surface area contributed by atoms with Crippen LogP contribution in [0.5, 0.6) is 5.75 Å². The molecule has 17 heavy (non-hydrogen) atoms. The van der Waals surface area contributed by atoms with Gasteiger partial charge in [-0.25, -0.2) is 4.98 Å². The minimum Gasteiger partial charge on any atom is -0.508 e. The van der Waals surface area contributed by atoms with Crippen LogP contribution in [0.2, 0.25) is 5.15 Å². The lowest BCUT2D eigenvalue weighted by molar-refractivity contribution is 0.0835. The second-order valence-corrected chi connectivity index (χ2v) is 4.65. The number of halogens is 1. The minimum atomic E-state index is 0.206. The third-order valence-corrected chi connectivity index (χ3v) is 3.47. The molecule has 0 radical (unpaired) electrons. The average Bonchev–Trinajstić information content (AvgIpc) is 2.68. The number of aromatic hydroxyl groups is 1. The highest BCUT2D eigenvalue weighted by molar-refractivity contribution is 6.32. The summed E-state index contributed by atoms with van der Waals surface area (Å²) >= 11 is 6.09. The summed E-state index contributed by atoms with van der Waals surface area (Å²) in [5.74, 6) is 1.56. The Morgan fingerprint density at radius 1 is 1.41 bits per heavy atom. The molecule has 0 atom stereocenters. The molecule has 1 N–H and O–H groups in total. The Morgan fingerprint density at radius 3 is 2.94 bits per heavy atom. The van der Waals surface area contributed by atoms with Crippen LogP contribution in [-0.4, -0.2) is 27.7 Å². The Bertz CT molecular complexity index is 547. The third-order valence-electron chi connectivity index (χ3n) is 3.20. The Labute approximate surface area is 104 Å². The van der Waals surface area contributed by atoms with Crippen molar-refractivity contribution in [1.82, 2.24) is 9.38 Å². The van der Waals surface area contributed by atoms with Gasteiger partial charge in [-0.15, -0.1) is 0 Å². The number of rotatable bonds is 1. The highest BCUT2D eigenvalue weighted by Gasteiger charge is 2.22. The van der Waals surface area contributed by atoms with E-state index < -0.39 is 0 Å². The van der Waals surface area contributed by atoms with Gasteiger partial charge in [0.1, 0.15) is 11.6 Å². The summed E-state index contributed by atoms with van der Waals surface area (Å²) in [7, 11) is 0. The van der Waals surface area contributed by atoms with Crippen molar-refractivity contribution in [3.8, 4) is 5.75 Å². The van der Waals surface area contributed by atoms with E-state index in [1.165, 1.54) is 0 Å². The van der Waals surface area contributed by atoms with Crippen LogP contribution in [0.4, 0.5) is 0 Å². The molecule has 0 aromatic carbocycles. The maximum Gasteiger partial charge on any atom is 0.155 e. The Balaban J connectivity index is 2.10. The van der Waals surface area contributed by atoms with E-state index in [-0.39, 0.29) is 5.75 Å². The zero-order chi connectivity index (χ0) is 11.8. The molecule has 5 heteroatoms. The zero-order valence-electron chi connectivity index (χ0n) is 9.27. The molecule has 1 saturated heterocycles. The predicted molar refractivity (Wildman–Crippen MR) is 64.7 cm³/mol. The number of nitrogens with zero attached hydrogens (tertiary/aromatic N) is 2. The van der Waals surface area contributed by atoms with Crippen LogP contribution in [0.3, 0.4) is 0 Å². The first-order valence-electron chi connectivity index (χ1n) is 5.70. The molecule has 0 saturated carbocycles. The Hall–Kier alpha value is -1.26. The van der Waals surface area contributed by atoms with Crippen molar-refractivity contribution in [1.29, 1.82) is 0 Å². The van der Waals surface area contributed by atoms with E-state index in [9.17, 15) is 5.11 Å². The maximum atomic E-state index is 9.45. The summed E-state index contributed by atoms with van der Waals surface area (Å²) in [5.41, 5.74) is 0.758. The van der Waals surface area contributed by atoms with Gasteiger partial charge in [-0.2, -0.15) is 0 Å². The number of imidazole rings is 1. The van der Waals surface area contributed by atoms with Crippen LogP contribution in [-0.2, 0) is 4.74 Å². The molecular formula is C12H13ClN2O2. The van der Waals surface area contributed by atoms with Gasteiger partial charge in [-0.3, -0.25) is 0 Å². The van der Waals surface area contributed by atoms with Crippen molar-refractivity contribution in [2.45, 2.75) is 18.8 Å². The first-order valence-corrected chi connectivity index (χ1v) is 6.08. The van der Waals surface area contributed by atoms with Crippen LogP contribution in [0, 0.1) is 0 Å². The lowest BCUT2D eigenvalue weighted by Gasteiger charge is -2.20. The molecule has 0 unspecified atom stereocenters. The van der Waals surface area contributed by atoms with E-state index in [2.05, 4.69) is 4.98 Å². The smallest absolute Gasteiger partial charge is 0.155 e. The van der Waals surface area contributed by atoms with Gasteiger partial charge in [0.25, 0.3) is 0 Å². The first-order chi connectivity index (χ1) is 8.25. The summed E-state index contributed by atoms with van der Waals surface area (Å²) in [6.45, 7) is 1.55. The standard InChI is InChI=1S/C12H13ClN2O2/c13-11-10-7-9(16)1-4-15(10)12(14-11)8-2-5-17-6-3-8/h1,4,7-8,16H,2-3,5-6H2. The van der Waals surface area contributed by atoms with Crippen LogP contribution >= 0.6 is 11.6 Å². The molecule has 3 heterocycles. The lowest BCUT2D eigenvalue weighted by atomic mass is 10.00. The van der Waals surface area contributed by atoms with Gasteiger partial charge in [0.2, 0.25) is 0 Å². The first kappa shape index (κ1) is 10.9. The number of pyridine rings is 1. The second kappa shape index (κ2) is 4.20. The fourth-order valence-corrected chi connectivity index (χ4v) is 2.54. The van der Waals surface area contributed by atoms with Crippen molar-refractivity contribution in [3.63, 3.8) is 0 Å². The van der Waals surface area contributed by atoms with Crippen molar-refractivity contribution in [2.75, 3.05) is 13.2 Å². The highest BCUT2D eigenvalue weighted by atomic mass is 35.5. The van der Waals surface area contributed by atoms with Gasteiger partial charge in [0, 0.05) is 31.4 Å². The molecule has 0 amide bonds. The molecular weight excluding hydrogens is 240 g/mol. The van der Waals surface area contributed by atoms with E-state index >= 15 is 0 Å². The van der Waals surface area contributed by atoms with Crippen molar-refractivity contribution < 1.29 is 9.84 Å². The summed E-state index contributed by atoms with van der Waals surface area (Å²) in [5, 5.41) is 9.90. The molecule has 2 aromatic heterocycles. The van der Waals surface area contributed by atoms with E-state index in [4.69, 9.17) is 16.3 Å². The molecule has 1 aliphatic heterocycles. The monoisotopic (exact) mass is 252 g/mol. The average molecular weight is 253 g/mol. The lowest BCUT2D eigenvalue weighted by Crippen LogP contribution is -2.16. The van der Waals surface area contributed by atoms with Gasteiger partial charge >= 0.3 is 0 Å². The molecule has 0 spiro atoms. The molecule has 0 aliphatic carbocycles. The molecule has 1 fully saturated rings. The van der Waals surface area contributed by atoms with Crippen LogP contribution in [0.25, 0.3) is 5.52 Å². The second-order valence-electron chi connectivity index (χ2n) is 4.29. The van der Waals surface area contributed by atoms with Crippen molar-refractivity contribution >= 4 is 17.1 Å². The van der Waals surface area contributed by atoms with Gasteiger partial charge < -0.3 is 14.2 Å². The van der Waals surface area contributed by atoms with Crippen LogP contribution < -0.4 is 0 Å². The van der Waals surface area contributed by atoms with Gasteiger partial charge in [-0.05, 0) is 18.9 Å².